The van der Waals surface area contributed by atoms with E-state index in [2.05, 4.69) is 20.7 Å². The molecular weight excluding hydrogens is 232 g/mol. The van der Waals surface area contributed by atoms with Crippen LogP contribution in [0.5, 0.6) is 5.75 Å². The second-order valence-corrected chi connectivity index (χ2v) is 3.58. The number of nitrogen functional groups attached to an aromatic ring is 1. The Labute approximate surface area is 104 Å². The molecule has 7 heteroatoms. The number of hydrazone groups is 1. The second-order valence-electron chi connectivity index (χ2n) is 3.58. The molecule has 0 aliphatic heterocycles. The maximum atomic E-state index is 5.66. The van der Waals surface area contributed by atoms with Crippen LogP contribution >= 0.6 is 0 Å². The van der Waals surface area contributed by atoms with Gasteiger partial charge >= 0.3 is 0 Å². The number of benzene rings is 1. The molecular formula is C11H14N6O. The van der Waals surface area contributed by atoms with Crippen LogP contribution < -0.4 is 16.0 Å². The minimum atomic E-state index is 0.386. The van der Waals surface area contributed by atoms with Gasteiger partial charge in [-0.05, 0) is 36.8 Å². The van der Waals surface area contributed by atoms with Crippen LogP contribution in [0.4, 0.5) is 5.95 Å². The Morgan fingerprint density at radius 2 is 2.06 bits per heavy atom. The molecule has 0 saturated carbocycles. The summed E-state index contributed by atoms with van der Waals surface area (Å²) in [6, 6.07) is 7.50. The van der Waals surface area contributed by atoms with Crippen LogP contribution in [0.2, 0.25) is 0 Å². The van der Waals surface area contributed by atoms with Crippen molar-refractivity contribution in [2.75, 3.05) is 18.4 Å². The van der Waals surface area contributed by atoms with Gasteiger partial charge in [0, 0.05) is 0 Å². The molecule has 7 nitrogen and oxygen atoms in total. The van der Waals surface area contributed by atoms with Gasteiger partial charge in [0.15, 0.2) is 5.82 Å². The summed E-state index contributed by atoms with van der Waals surface area (Å²) in [4.78, 5) is 0. The maximum absolute atomic E-state index is 5.66. The van der Waals surface area contributed by atoms with Crippen LogP contribution in [0.3, 0.4) is 0 Å². The van der Waals surface area contributed by atoms with Crippen LogP contribution in [0.15, 0.2) is 29.4 Å². The van der Waals surface area contributed by atoms with Gasteiger partial charge in [-0.3, -0.25) is 0 Å². The molecule has 2 aromatic rings. The molecule has 0 fully saturated rings. The Hall–Kier alpha value is -2.57. The number of ether oxygens (including phenoxy) is 1. The van der Waals surface area contributed by atoms with Crippen molar-refractivity contribution in [3.05, 3.63) is 35.7 Å². The van der Waals surface area contributed by atoms with Crippen molar-refractivity contribution < 1.29 is 4.74 Å². The average molecular weight is 246 g/mol. The molecule has 0 aliphatic rings. The zero-order valence-electron chi connectivity index (χ0n) is 10.2. The molecule has 94 valence electrons. The SMILES string of the molecule is COc1ccc(C=NNc2nnc(C)n2N)cc1. The first-order chi connectivity index (χ1) is 8.70. The monoisotopic (exact) mass is 246 g/mol. The van der Waals surface area contributed by atoms with E-state index in [1.165, 1.54) is 4.68 Å². The smallest absolute Gasteiger partial charge is 0.263 e. The van der Waals surface area contributed by atoms with Gasteiger partial charge < -0.3 is 10.6 Å². The molecule has 1 aromatic heterocycles. The van der Waals surface area contributed by atoms with Crippen molar-refractivity contribution in [3.8, 4) is 5.75 Å². The third kappa shape index (κ3) is 2.57. The first-order valence-corrected chi connectivity index (χ1v) is 5.31. The van der Waals surface area contributed by atoms with E-state index in [-0.39, 0.29) is 0 Å². The summed E-state index contributed by atoms with van der Waals surface area (Å²) in [5, 5.41) is 11.6. The maximum Gasteiger partial charge on any atom is 0.263 e. The number of methoxy groups -OCH3 is 1. The molecule has 1 heterocycles. The van der Waals surface area contributed by atoms with Crippen molar-refractivity contribution in [1.29, 1.82) is 0 Å². The van der Waals surface area contributed by atoms with E-state index in [4.69, 9.17) is 10.6 Å². The Morgan fingerprint density at radius 3 is 2.61 bits per heavy atom. The predicted molar refractivity (Wildman–Crippen MR) is 69.1 cm³/mol. The van der Waals surface area contributed by atoms with Crippen LogP contribution in [0, 0.1) is 6.92 Å². The summed E-state index contributed by atoms with van der Waals surface area (Å²) in [6.07, 6.45) is 1.66. The highest BCUT2D eigenvalue weighted by atomic mass is 16.5. The van der Waals surface area contributed by atoms with Gasteiger partial charge in [-0.2, -0.15) is 5.10 Å². The fourth-order valence-electron chi connectivity index (χ4n) is 1.30. The zero-order chi connectivity index (χ0) is 13.0. The molecule has 0 amide bonds. The highest BCUT2D eigenvalue weighted by molar-refractivity contribution is 5.80. The Bertz CT molecular complexity index is 545. The van der Waals surface area contributed by atoms with Gasteiger partial charge in [0.2, 0.25) is 0 Å². The number of rotatable bonds is 4. The number of nitrogens with two attached hydrogens (primary N) is 1. The summed E-state index contributed by atoms with van der Waals surface area (Å²) in [6.45, 7) is 1.76. The largest absolute Gasteiger partial charge is 0.497 e. The average Bonchev–Trinajstić information content (AvgIpc) is 2.71. The number of aryl methyl sites for hydroxylation is 1. The molecule has 0 atom stereocenters. The molecule has 0 radical (unpaired) electrons. The number of nitrogens with zero attached hydrogens (tertiary/aromatic N) is 4. The number of hydrogen-bond acceptors (Lipinski definition) is 6. The molecule has 0 unspecified atom stereocenters. The summed E-state index contributed by atoms with van der Waals surface area (Å²) in [7, 11) is 1.63. The molecule has 0 bridgehead atoms. The highest BCUT2D eigenvalue weighted by Gasteiger charge is 2.02. The Morgan fingerprint density at radius 1 is 1.33 bits per heavy atom. The van der Waals surface area contributed by atoms with Crippen LogP contribution in [-0.2, 0) is 0 Å². The van der Waals surface area contributed by atoms with Crippen molar-refractivity contribution in [2.45, 2.75) is 6.92 Å². The zero-order valence-corrected chi connectivity index (χ0v) is 10.2. The van der Waals surface area contributed by atoms with E-state index in [1.807, 2.05) is 24.3 Å². The molecule has 0 spiro atoms. The van der Waals surface area contributed by atoms with Gasteiger partial charge in [-0.15, -0.1) is 10.2 Å². The van der Waals surface area contributed by atoms with E-state index in [0.717, 1.165) is 11.3 Å². The summed E-state index contributed by atoms with van der Waals surface area (Å²) >= 11 is 0. The van der Waals surface area contributed by atoms with Crippen molar-refractivity contribution >= 4 is 12.2 Å². The fourth-order valence-corrected chi connectivity index (χ4v) is 1.30. The minimum Gasteiger partial charge on any atom is -0.497 e. The molecule has 0 saturated heterocycles. The quantitative estimate of drug-likeness (QED) is 0.472. The molecule has 18 heavy (non-hydrogen) atoms. The van der Waals surface area contributed by atoms with Gasteiger partial charge in [0.1, 0.15) is 5.75 Å². The van der Waals surface area contributed by atoms with Gasteiger partial charge in [-0.25, -0.2) is 10.1 Å². The van der Waals surface area contributed by atoms with Crippen LogP contribution in [0.25, 0.3) is 0 Å². The molecule has 0 aliphatic carbocycles. The van der Waals surface area contributed by atoms with Crippen LogP contribution in [0.1, 0.15) is 11.4 Å². The summed E-state index contributed by atoms with van der Waals surface area (Å²) < 4.78 is 6.39. The summed E-state index contributed by atoms with van der Waals surface area (Å²) in [5.41, 5.74) is 3.65. The Kier molecular flexibility index (Phi) is 3.42. The normalized spacial score (nSPS) is 10.8. The van der Waals surface area contributed by atoms with Gasteiger partial charge in [-0.1, -0.05) is 0 Å². The predicted octanol–water partition coefficient (Wildman–Crippen LogP) is 0.755. The Balaban J connectivity index is 2.00. The molecule has 1 aromatic carbocycles. The lowest BCUT2D eigenvalue weighted by molar-refractivity contribution is 0.415. The van der Waals surface area contributed by atoms with Crippen molar-refractivity contribution in [1.82, 2.24) is 14.9 Å². The van der Waals surface area contributed by atoms with Crippen molar-refractivity contribution in [3.63, 3.8) is 0 Å². The van der Waals surface area contributed by atoms with E-state index in [1.54, 1.807) is 20.2 Å². The lowest BCUT2D eigenvalue weighted by Crippen LogP contribution is -2.13. The van der Waals surface area contributed by atoms with E-state index >= 15 is 0 Å². The first-order valence-electron chi connectivity index (χ1n) is 5.31. The second kappa shape index (κ2) is 5.17. The van der Waals surface area contributed by atoms with Gasteiger partial charge in [0.25, 0.3) is 5.95 Å². The first kappa shape index (κ1) is 11.9. The minimum absolute atomic E-state index is 0.386. The van der Waals surface area contributed by atoms with E-state index in [0.29, 0.717) is 11.8 Å². The van der Waals surface area contributed by atoms with E-state index < -0.39 is 0 Å². The number of hydrogen-bond donors (Lipinski definition) is 2. The van der Waals surface area contributed by atoms with E-state index in [9.17, 15) is 0 Å². The van der Waals surface area contributed by atoms with Crippen LogP contribution in [-0.4, -0.2) is 28.2 Å². The lowest BCUT2D eigenvalue weighted by Gasteiger charge is -2.00. The van der Waals surface area contributed by atoms with Gasteiger partial charge in [0.05, 0.1) is 13.3 Å². The topological polar surface area (TPSA) is 90.3 Å². The molecule has 2 rings (SSSR count). The third-order valence-electron chi connectivity index (χ3n) is 2.36. The fraction of sp³-hybridized carbons (Fsp3) is 0.182. The number of anilines is 1. The number of nitrogens with one attached hydrogen (secondary N) is 1. The standard InChI is InChI=1S/C11H14N6O/c1-8-14-16-11(17(8)12)15-13-7-9-3-5-10(18-2)6-4-9/h3-7H,12H2,1-2H3,(H,15,16). The highest BCUT2D eigenvalue weighted by Crippen LogP contribution is 2.09. The summed E-state index contributed by atoms with van der Waals surface area (Å²) in [5.74, 6) is 7.46. The molecule has 3 N–H and O–H groups in total. The van der Waals surface area contributed by atoms with Crippen molar-refractivity contribution in [2.24, 2.45) is 5.10 Å². The lowest BCUT2D eigenvalue weighted by atomic mass is 10.2. The number of aromatic nitrogens is 3. The third-order valence-corrected chi connectivity index (χ3v) is 2.36.